The van der Waals surface area contributed by atoms with Crippen LogP contribution in [0.4, 0.5) is 5.69 Å². The van der Waals surface area contributed by atoms with Gasteiger partial charge in [-0.05, 0) is 32.9 Å². The second-order valence-corrected chi connectivity index (χ2v) is 6.02. The molecule has 2 heterocycles. The molecule has 25 heavy (non-hydrogen) atoms. The van der Waals surface area contributed by atoms with Crippen molar-refractivity contribution >= 4 is 11.6 Å². The Labute approximate surface area is 146 Å². The average molecular weight is 338 g/mol. The second kappa shape index (κ2) is 6.88. The number of aromatic nitrogens is 5. The highest BCUT2D eigenvalue weighted by molar-refractivity contribution is 5.93. The highest BCUT2D eigenvalue weighted by Gasteiger charge is 2.14. The molecule has 1 aromatic carbocycles. The molecule has 0 aliphatic rings. The third-order valence-corrected chi connectivity index (χ3v) is 4.36. The average Bonchev–Trinajstić information content (AvgIpc) is 3.15. The molecule has 1 amide bonds. The lowest BCUT2D eigenvalue weighted by Gasteiger charge is -2.08. The summed E-state index contributed by atoms with van der Waals surface area (Å²) in [4.78, 5) is 12.4. The fraction of sp³-hybridized carbons (Fsp3) is 0.333. The molecule has 0 saturated carbocycles. The van der Waals surface area contributed by atoms with Crippen molar-refractivity contribution in [3.8, 4) is 11.4 Å². The third-order valence-electron chi connectivity index (χ3n) is 4.36. The molecule has 0 radical (unpaired) electrons. The molecule has 0 bridgehead atoms. The van der Waals surface area contributed by atoms with Gasteiger partial charge in [0.15, 0.2) is 5.82 Å². The summed E-state index contributed by atoms with van der Waals surface area (Å²) in [5, 5.41) is 15.4. The first-order valence-electron chi connectivity index (χ1n) is 8.26. The minimum atomic E-state index is -0.0618. The first-order valence-corrected chi connectivity index (χ1v) is 8.26. The van der Waals surface area contributed by atoms with Crippen LogP contribution in [0.1, 0.15) is 23.9 Å². The predicted molar refractivity (Wildman–Crippen MR) is 96.1 cm³/mol. The van der Waals surface area contributed by atoms with Crippen LogP contribution in [0, 0.1) is 13.8 Å². The van der Waals surface area contributed by atoms with Crippen molar-refractivity contribution in [3.63, 3.8) is 0 Å². The molecule has 3 rings (SSSR count). The lowest BCUT2D eigenvalue weighted by molar-refractivity contribution is -0.115. The molecule has 3 aromatic rings. The lowest BCUT2D eigenvalue weighted by atomic mass is 10.1. The molecule has 0 aliphatic heterocycles. The van der Waals surface area contributed by atoms with Crippen molar-refractivity contribution in [2.45, 2.75) is 33.7 Å². The Morgan fingerprint density at radius 2 is 2.08 bits per heavy atom. The van der Waals surface area contributed by atoms with Crippen LogP contribution in [0.15, 0.2) is 30.6 Å². The van der Waals surface area contributed by atoms with Crippen LogP contribution < -0.4 is 5.32 Å². The zero-order valence-electron chi connectivity index (χ0n) is 14.9. The number of carbonyl (C=O) groups excluding carboxylic acids is 1. The Morgan fingerprint density at radius 3 is 2.76 bits per heavy atom. The largest absolute Gasteiger partial charge is 0.326 e. The van der Waals surface area contributed by atoms with Crippen molar-refractivity contribution in [2.24, 2.45) is 7.05 Å². The van der Waals surface area contributed by atoms with Gasteiger partial charge in [0.2, 0.25) is 5.91 Å². The number of hydrogen-bond acceptors (Lipinski definition) is 4. The Kier molecular flexibility index (Phi) is 4.65. The highest BCUT2D eigenvalue weighted by atomic mass is 16.1. The van der Waals surface area contributed by atoms with Crippen LogP contribution in [-0.2, 0) is 24.8 Å². The maximum Gasteiger partial charge on any atom is 0.228 e. The zero-order valence-corrected chi connectivity index (χ0v) is 14.9. The van der Waals surface area contributed by atoms with Gasteiger partial charge < -0.3 is 9.88 Å². The van der Waals surface area contributed by atoms with Gasteiger partial charge in [-0.1, -0.05) is 12.1 Å². The van der Waals surface area contributed by atoms with Crippen LogP contribution >= 0.6 is 0 Å². The maximum atomic E-state index is 12.4. The third kappa shape index (κ3) is 3.45. The summed E-state index contributed by atoms with van der Waals surface area (Å²) in [7, 11) is 1.89. The minimum absolute atomic E-state index is 0.0618. The summed E-state index contributed by atoms with van der Waals surface area (Å²) in [6.07, 6.45) is 2.01. The number of amides is 1. The molecule has 0 fully saturated rings. The van der Waals surface area contributed by atoms with Gasteiger partial charge in [-0.2, -0.15) is 5.10 Å². The summed E-state index contributed by atoms with van der Waals surface area (Å²) in [6, 6.07) is 7.65. The molecule has 2 aromatic heterocycles. The summed E-state index contributed by atoms with van der Waals surface area (Å²) >= 11 is 0. The molecule has 0 atom stereocenters. The highest BCUT2D eigenvalue weighted by Crippen LogP contribution is 2.21. The van der Waals surface area contributed by atoms with E-state index in [1.807, 2.05) is 56.7 Å². The summed E-state index contributed by atoms with van der Waals surface area (Å²) in [5.41, 5.74) is 4.54. The number of rotatable bonds is 5. The van der Waals surface area contributed by atoms with E-state index in [1.165, 1.54) is 0 Å². The van der Waals surface area contributed by atoms with Gasteiger partial charge in [0.1, 0.15) is 6.33 Å². The van der Waals surface area contributed by atoms with E-state index < -0.39 is 0 Å². The van der Waals surface area contributed by atoms with Gasteiger partial charge >= 0.3 is 0 Å². The van der Waals surface area contributed by atoms with E-state index in [1.54, 1.807) is 11.0 Å². The number of hydrogen-bond donors (Lipinski definition) is 1. The molecule has 1 N–H and O–H groups in total. The normalized spacial score (nSPS) is 10.9. The molecule has 130 valence electrons. The van der Waals surface area contributed by atoms with Gasteiger partial charge in [-0.25, -0.2) is 0 Å². The van der Waals surface area contributed by atoms with E-state index in [4.69, 9.17) is 0 Å². The van der Waals surface area contributed by atoms with E-state index >= 15 is 0 Å². The van der Waals surface area contributed by atoms with E-state index in [-0.39, 0.29) is 5.91 Å². The number of nitrogens with zero attached hydrogens (tertiary/aromatic N) is 5. The maximum absolute atomic E-state index is 12.4. The minimum Gasteiger partial charge on any atom is -0.326 e. The van der Waals surface area contributed by atoms with Crippen LogP contribution in [0.5, 0.6) is 0 Å². The van der Waals surface area contributed by atoms with Crippen molar-refractivity contribution in [2.75, 3.05) is 5.32 Å². The Balaban J connectivity index is 1.77. The number of nitrogens with one attached hydrogen (secondary N) is 1. The van der Waals surface area contributed by atoms with Crippen LogP contribution in [-0.4, -0.2) is 30.5 Å². The summed E-state index contributed by atoms with van der Waals surface area (Å²) in [6.45, 7) is 6.73. The summed E-state index contributed by atoms with van der Waals surface area (Å²) < 4.78 is 3.76. The van der Waals surface area contributed by atoms with Crippen LogP contribution in [0.2, 0.25) is 0 Å². The van der Waals surface area contributed by atoms with E-state index in [0.29, 0.717) is 6.42 Å². The fourth-order valence-corrected chi connectivity index (χ4v) is 2.89. The summed E-state index contributed by atoms with van der Waals surface area (Å²) in [5.74, 6) is 0.728. The van der Waals surface area contributed by atoms with Gasteiger partial charge in [0.05, 0.1) is 12.1 Å². The van der Waals surface area contributed by atoms with Gasteiger partial charge in [-0.15, -0.1) is 10.2 Å². The lowest BCUT2D eigenvalue weighted by Crippen LogP contribution is -2.15. The standard InChI is InChI=1S/C18H22N6O/c1-5-24-11-19-21-18(24)14-7-6-8-15(9-14)20-17(25)10-16-12(2)22-23(4)13(16)3/h6-9,11H,5,10H2,1-4H3,(H,20,25). The second-order valence-electron chi connectivity index (χ2n) is 6.02. The quantitative estimate of drug-likeness (QED) is 0.775. The first kappa shape index (κ1) is 16.9. The Morgan fingerprint density at radius 1 is 1.28 bits per heavy atom. The number of anilines is 1. The van der Waals surface area contributed by atoms with Crippen molar-refractivity contribution in [1.82, 2.24) is 24.5 Å². The topological polar surface area (TPSA) is 77.6 Å². The molecule has 0 spiro atoms. The molecule has 0 saturated heterocycles. The molecule has 0 unspecified atom stereocenters. The number of aryl methyl sites for hydroxylation is 3. The first-order chi connectivity index (χ1) is 12.0. The fourth-order valence-electron chi connectivity index (χ4n) is 2.89. The molecule has 7 heteroatoms. The van der Waals surface area contributed by atoms with Crippen LogP contribution in [0.25, 0.3) is 11.4 Å². The zero-order chi connectivity index (χ0) is 18.0. The SMILES string of the molecule is CCn1cnnc1-c1cccc(NC(=O)Cc2c(C)nn(C)c2C)c1. The van der Waals surface area contributed by atoms with Crippen LogP contribution in [0.3, 0.4) is 0 Å². The Bertz CT molecular complexity index is 908. The molecule has 0 aliphatic carbocycles. The monoisotopic (exact) mass is 338 g/mol. The predicted octanol–water partition coefficient (Wildman–Crippen LogP) is 2.50. The van der Waals surface area contributed by atoms with Gasteiger partial charge in [0, 0.05) is 36.1 Å². The van der Waals surface area contributed by atoms with Crippen molar-refractivity contribution < 1.29 is 4.79 Å². The van der Waals surface area contributed by atoms with E-state index in [2.05, 4.69) is 20.6 Å². The number of carbonyl (C=O) groups is 1. The molecular weight excluding hydrogens is 316 g/mol. The van der Waals surface area contributed by atoms with Gasteiger partial charge in [-0.3, -0.25) is 9.48 Å². The number of benzene rings is 1. The van der Waals surface area contributed by atoms with Gasteiger partial charge in [0.25, 0.3) is 0 Å². The smallest absolute Gasteiger partial charge is 0.228 e. The van der Waals surface area contributed by atoms with E-state index in [9.17, 15) is 4.79 Å². The van der Waals surface area contributed by atoms with Crippen molar-refractivity contribution in [3.05, 3.63) is 47.5 Å². The molecular formula is C18H22N6O. The van der Waals surface area contributed by atoms with Crippen molar-refractivity contribution in [1.29, 1.82) is 0 Å². The Hall–Kier alpha value is -2.96. The van der Waals surface area contributed by atoms with E-state index in [0.717, 1.165) is 40.6 Å². The molecule has 7 nitrogen and oxygen atoms in total.